The molecule has 2 aliphatic rings. The molecule has 0 unspecified atom stereocenters. The summed E-state index contributed by atoms with van der Waals surface area (Å²) in [7, 11) is 0. The van der Waals surface area contributed by atoms with Crippen molar-refractivity contribution in [3.63, 3.8) is 0 Å². The van der Waals surface area contributed by atoms with Gasteiger partial charge in [0.25, 0.3) is 0 Å². The van der Waals surface area contributed by atoms with Gasteiger partial charge in [-0.15, -0.1) is 0 Å². The van der Waals surface area contributed by atoms with Gasteiger partial charge < -0.3 is 0 Å². The number of hydrogen-bond acceptors (Lipinski definition) is 2. The van der Waals surface area contributed by atoms with Gasteiger partial charge in [-0.25, -0.2) is 4.90 Å². The summed E-state index contributed by atoms with van der Waals surface area (Å²) in [6, 6.07) is 4.84. The molecule has 1 aliphatic carbocycles. The third-order valence-electron chi connectivity index (χ3n) is 3.99. The van der Waals surface area contributed by atoms with Crippen LogP contribution in [0.15, 0.2) is 18.2 Å². The quantitative estimate of drug-likeness (QED) is 0.742. The fourth-order valence-corrected chi connectivity index (χ4v) is 3.56. The Morgan fingerprint density at radius 2 is 1.58 bits per heavy atom. The number of benzene rings is 1. The van der Waals surface area contributed by atoms with E-state index in [1.807, 2.05) is 0 Å². The lowest BCUT2D eigenvalue weighted by Crippen LogP contribution is -2.31. The number of nitrogens with zero attached hydrogens (tertiary/aromatic N) is 1. The fourth-order valence-electron chi connectivity index (χ4n) is 3.06. The van der Waals surface area contributed by atoms with Gasteiger partial charge in [0.15, 0.2) is 0 Å². The number of amides is 2. The van der Waals surface area contributed by atoms with Gasteiger partial charge in [0.2, 0.25) is 11.8 Å². The van der Waals surface area contributed by atoms with Crippen molar-refractivity contribution >= 4 is 40.7 Å². The number of carbonyl (C=O) groups excluding carboxylic acids is 2. The van der Waals surface area contributed by atoms with Gasteiger partial charge in [-0.1, -0.05) is 36.0 Å². The van der Waals surface area contributed by atoms with Crippen LogP contribution in [-0.4, -0.2) is 11.8 Å². The molecule has 3 rings (SSSR count). The smallest absolute Gasteiger partial charge is 0.237 e. The van der Waals surface area contributed by atoms with Crippen molar-refractivity contribution in [1.82, 2.24) is 0 Å². The van der Waals surface area contributed by atoms with Crippen LogP contribution in [0.5, 0.6) is 0 Å². The van der Waals surface area contributed by atoms with Gasteiger partial charge in [-0.2, -0.15) is 0 Å². The molecule has 0 spiro atoms. The van der Waals surface area contributed by atoms with E-state index in [1.165, 1.54) is 4.90 Å². The maximum Gasteiger partial charge on any atom is 0.237 e. The van der Waals surface area contributed by atoms with Gasteiger partial charge in [0, 0.05) is 5.02 Å². The molecule has 0 bridgehead atoms. The van der Waals surface area contributed by atoms with E-state index in [0.29, 0.717) is 15.7 Å². The van der Waals surface area contributed by atoms with Crippen LogP contribution in [0.25, 0.3) is 0 Å². The molecule has 2 atom stereocenters. The van der Waals surface area contributed by atoms with E-state index in [2.05, 4.69) is 0 Å². The molecule has 1 heterocycles. The Kier molecular flexibility index (Phi) is 3.27. The summed E-state index contributed by atoms with van der Waals surface area (Å²) in [5.41, 5.74) is 0.454. The Morgan fingerprint density at radius 3 is 2.11 bits per heavy atom. The minimum absolute atomic E-state index is 0.112. The molecule has 2 fully saturated rings. The fraction of sp³-hybridized carbons (Fsp3) is 0.429. The van der Waals surface area contributed by atoms with Crippen LogP contribution in [0.4, 0.5) is 5.69 Å². The Morgan fingerprint density at radius 1 is 1.00 bits per heavy atom. The molecule has 0 N–H and O–H groups in total. The number of fused-ring (bicyclic) bond motifs is 1. The van der Waals surface area contributed by atoms with Crippen LogP contribution >= 0.6 is 23.2 Å². The number of halogens is 2. The van der Waals surface area contributed by atoms with Crippen molar-refractivity contribution < 1.29 is 9.59 Å². The van der Waals surface area contributed by atoms with Crippen molar-refractivity contribution in [3.8, 4) is 0 Å². The third kappa shape index (κ3) is 2.05. The minimum Gasteiger partial charge on any atom is -0.274 e. The lowest BCUT2D eigenvalue weighted by atomic mass is 9.81. The first-order chi connectivity index (χ1) is 9.09. The maximum absolute atomic E-state index is 12.4. The highest BCUT2D eigenvalue weighted by Crippen LogP contribution is 2.42. The van der Waals surface area contributed by atoms with Crippen molar-refractivity contribution in [2.45, 2.75) is 25.7 Å². The molecule has 1 aromatic rings. The molecule has 0 radical (unpaired) electrons. The van der Waals surface area contributed by atoms with Crippen LogP contribution in [0.2, 0.25) is 10.0 Å². The molecule has 1 saturated carbocycles. The zero-order valence-corrected chi connectivity index (χ0v) is 11.7. The van der Waals surface area contributed by atoms with Gasteiger partial charge in [0.1, 0.15) is 0 Å². The van der Waals surface area contributed by atoms with E-state index in [4.69, 9.17) is 23.2 Å². The van der Waals surface area contributed by atoms with Gasteiger partial charge in [0.05, 0.1) is 22.5 Å². The number of carbonyl (C=O) groups is 2. The largest absolute Gasteiger partial charge is 0.274 e. The van der Waals surface area contributed by atoms with Gasteiger partial charge in [-0.3, -0.25) is 9.59 Å². The average Bonchev–Trinajstić information content (AvgIpc) is 2.64. The Balaban J connectivity index is 2.00. The molecular formula is C14H13Cl2NO2. The number of anilines is 1. The van der Waals surface area contributed by atoms with Crippen molar-refractivity contribution in [1.29, 1.82) is 0 Å². The molecule has 5 heteroatoms. The second-order valence-corrected chi connectivity index (χ2v) is 5.95. The molecule has 3 nitrogen and oxygen atoms in total. The summed E-state index contributed by atoms with van der Waals surface area (Å²) in [4.78, 5) is 26.1. The Labute approximate surface area is 121 Å². The molecular weight excluding hydrogens is 285 g/mol. The predicted molar refractivity (Wildman–Crippen MR) is 74.4 cm³/mol. The van der Waals surface area contributed by atoms with Crippen LogP contribution in [0.3, 0.4) is 0 Å². The zero-order chi connectivity index (χ0) is 13.6. The minimum atomic E-state index is -0.159. The highest BCUT2D eigenvalue weighted by Gasteiger charge is 2.49. The van der Waals surface area contributed by atoms with Gasteiger partial charge >= 0.3 is 0 Å². The highest BCUT2D eigenvalue weighted by atomic mass is 35.5. The standard InChI is InChI=1S/C14H13Cl2NO2/c15-8-5-6-12(11(16)7-8)17-13(18)9-3-1-2-4-10(9)14(17)19/h5-7,9-10H,1-4H2/t9-,10+. The summed E-state index contributed by atoms with van der Waals surface area (Å²) < 4.78 is 0. The normalized spacial score (nSPS) is 26.7. The lowest BCUT2D eigenvalue weighted by Gasteiger charge is -2.19. The molecule has 0 aromatic heterocycles. The monoisotopic (exact) mass is 297 g/mol. The van der Waals surface area contributed by atoms with Crippen LogP contribution in [-0.2, 0) is 9.59 Å². The summed E-state index contributed by atoms with van der Waals surface area (Å²) in [5.74, 6) is -0.543. The van der Waals surface area contributed by atoms with E-state index in [9.17, 15) is 9.59 Å². The summed E-state index contributed by atoms with van der Waals surface area (Å²) in [6.45, 7) is 0. The van der Waals surface area contributed by atoms with Crippen LogP contribution in [0, 0.1) is 11.8 Å². The number of hydrogen-bond donors (Lipinski definition) is 0. The van der Waals surface area contributed by atoms with Crippen LogP contribution in [0.1, 0.15) is 25.7 Å². The molecule has 1 aliphatic heterocycles. The first kappa shape index (κ1) is 12.9. The Hall–Kier alpha value is -1.06. The second-order valence-electron chi connectivity index (χ2n) is 5.11. The topological polar surface area (TPSA) is 37.4 Å². The first-order valence-electron chi connectivity index (χ1n) is 6.42. The van der Waals surface area contributed by atoms with E-state index >= 15 is 0 Å². The average molecular weight is 298 g/mol. The first-order valence-corrected chi connectivity index (χ1v) is 7.18. The number of rotatable bonds is 1. The van der Waals surface area contributed by atoms with E-state index in [-0.39, 0.29) is 23.7 Å². The Bertz CT molecular complexity index is 534. The molecule has 1 aromatic carbocycles. The zero-order valence-electron chi connectivity index (χ0n) is 10.2. The lowest BCUT2D eigenvalue weighted by molar-refractivity contribution is -0.122. The van der Waals surface area contributed by atoms with E-state index < -0.39 is 0 Å². The summed E-state index contributed by atoms with van der Waals surface area (Å²) in [5, 5.41) is 0.832. The number of imide groups is 1. The SMILES string of the molecule is O=C1[C@H]2CCCC[C@H]2C(=O)N1c1ccc(Cl)cc1Cl. The molecule has 19 heavy (non-hydrogen) atoms. The predicted octanol–water partition coefficient (Wildman–Crippen LogP) is 3.67. The van der Waals surface area contributed by atoms with E-state index in [1.54, 1.807) is 18.2 Å². The molecule has 100 valence electrons. The third-order valence-corrected chi connectivity index (χ3v) is 4.53. The van der Waals surface area contributed by atoms with Crippen molar-refractivity contribution in [2.75, 3.05) is 4.90 Å². The van der Waals surface area contributed by atoms with E-state index in [0.717, 1.165) is 25.7 Å². The molecule has 1 saturated heterocycles. The van der Waals surface area contributed by atoms with Crippen LogP contribution < -0.4 is 4.90 Å². The second kappa shape index (κ2) is 4.80. The summed E-state index contributed by atoms with van der Waals surface area (Å²) in [6.07, 6.45) is 3.64. The van der Waals surface area contributed by atoms with Crippen molar-refractivity contribution in [3.05, 3.63) is 28.2 Å². The van der Waals surface area contributed by atoms with Gasteiger partial charge in [-0.05, 0) is 31.0 Å². The molecule has 2 amide bonds. The maximum atomic E-state index is 12.4. The summed E-state index contributed by atoms with van der Waals surface area (Å²) >= 11 is 12.0. The van der Waals surface area contributed by atoms with Crippen molar-refractivity contribution in [2.24, 2.45) is 11.8 Å². The highest BCUT2D eigenvalue weighted by molar-refractivity contribution is 6.38.